The molecule has 0 aliphatic carbocycles. The number of halogens is 2. The molecule has 0 aromatic heterocycles. The van der Waals surface area contributed by atoms with E-state index in [4.69, 9.17) is 5.26 Å². The topological polar surface area (TPSA) is 44.0 Å². The molecule has 1 rings (SSSR count). The lowest BCUT2D eigenvalue weighted by Gasteiger charge is -2.16. The Labute approximate surface area is 96.5 Å². The predicted octanol–water partition coefficient (Wildman–Crippen LogP) is 3.17. The zero-order valence-corrected chi connectivity index (χ0v) is 9.83. The normalized spacial score (nSPS) is 14.3. The third-order valence-electron chi connectivity index (χ3n) is 2.27. The van der Waals surface area contributed by atoms with Crippen molar-refractivity contribution in [3.63, 3.8) is 0 Å². The highest BCUT2D eigenvalue weighted by molar-refractivity contribution is 9.10. The van der Waals surface area contributed by atoms with Gasteiger partial charge in [0.2, 0.25) is 0 Å². The number of nitrogens with zero attached hydrogens (tertiary/aromatic N) is 1. The fraction of sp³-hybridized carbons (Fsp3) is 0.364. The average Bonchev–Trinajstić information content (AvgIpc) is 2.19. The Morgan fingerprint density at radius 2 is 2.27 bits per heavy atom. The molecule has 1 N–H and O–H groups in total. The van der Waals surface area contributed by atoms with Crippen LogP contribution in [-0.4, -0.2) is 5.11 Å². The van der Waals surface area contributed by atoms with Gasteiger partial charge in [0.1, 0.15) is 5.82 Å². The van der Waals surface area contributed by atoms with Gasteiger partial charge in [-0.15, -0.1) is 0 Å². The highest BCUT2D eigenvalue weighted by Gasteiger charge is 2.20. The first-order valence-corrected chi connectivity index (χ1v) is 5.42. The molecule has 0 fully saturated rings. The van der Waals surface area contributed by atoms with Gasteiger partial charge in [0.25, 0.3) is 0 Å². The van der Waals surface area contributed by atoms with Crippen LogP contribution in [0.4, 0.5) is 4.39 Å². The van der Waals surface area contributed by atoms with Gasteiger partial charge in [-0.1, -0.05) is 28.9 Å². The lowest BCUT2D eigenvalue weighted by molar-refractivity contribution is 0.132. The molecule has 2 atom stereocenters. The lowest BCUT2D eigenvalue weighted by atomic mass is 9.95. The standard InChI is InChI=1S/C11H11BrFNO/c1-2-7(6-14)11(15)9-4-3-8(13)5-10(9)12/h3-5,7,11,15H,2H2,1H3. The molecule has 2 nitrogen and oxygen atoms in total. The van der Waals surface area contributed by atoms with E-state index in [1.54, 1.807) is 0 Å². The zero-order chi connectivity index (χ0) is 11.4. The Bertz CT molecular complexity index is 389. The number of aliphatic hydroxyl groups excluding tert-OH is 1. The Morgan fingerprint density at radius 1 is 1.60 bits per heavy atom. The summed E-state index contributed by atoms with van der Waals surface area (Å²) in [5.74, 6) is -0.838. The minimum absolute atomic E-state index is 0.372. The monoisotopic (exact) mass is 271 g/mol. The molecule has 0 bridgehead atoms. The van der Waals surface area contributed by atoms with Crippen molar-refractivity contribution in [1.82, 2.24) is 0 Å². The fourth-order valence-corrected chi connectivity index (χ4v) is 1.93. The maximum atomic E-state index is 12.8. The minimum atomic E-state index is -0.880. The van der Waals surface area contributed by atoms with Crippen LogP contribution in [0, 0.1) is 23.1 Å². The van der Waals surface area contributed by atoms with E-state index in [1.165, 1.54) is 18.2 Å². The van der Waals surface area contributed by atoms with Gasteiger partial charge in [-0.25, -0.2) is 4.39 Å². The summed E-state index contributed by atoms with van der Waals surface area (Å²) < 4.78 is 13.3. The summed E-state index contributed by atoms with van der Waals surface area (Å²) in [5, 5.41) is 18.7. The van der Waals surface area contributed by atoms with Crippen molar-refractivity contribution in [1.29, 1.82) is 5.26 Å². The molecular weight excluding hydrogens is 261 g/mol. The second-order valence-electron chi connectivity index (χ2n) is 3.25. The molecule has 2 unspecified atom stereocenters. The van der Waals surface area contributed by atoms with Crippen molar-refractivity contribution >= 4 is 15.9 Å². The van der Waals surface area contributed by atoms with Gasteiger partial charge in [0, 0.05) is 4.47 Å². The maximum absolute atomic E-state index is 12.8. The first-order chi connectivity index (χ1) is 7.10. The number of benzene rings is 1. The summed E-state index contributed by atoms with van der Waals surface area (Å²) >= 11 is 3.16. The largest absolute Gasteiger partial charge is 0.387 e. The molecule has 0 radical (unpaired) electrons. The van der Waals surface area contributed by atoms with Crippen molar-refractivity contribution < 1.29 is 9.50 Å². The quantitative estimate of drug-likeness (QED) is 0.918. The highest BCUT2D eigenvalue weighted by Crippen LogP contribution is 2.30. The SMILES string of the molecule is CCC(C#N)C(O)c1ccc(F)cc1Br. The molecule has 4 heteroatoms. The molecule has 15 heavy (non-hydrogen) atoms. The second kappa shape index (κ2) is 5.24. The first-order valence-electron chi connectivity index (χ1n) is 4.62. The number of hydrogen-bond acceptors (Lipinski definition) is 2. The second-order valence-corrected chi connectivity index (χ2v) is 4.11. The van der Waals surface area contributed by atoms with E-state index >= 15 is 0 Å². The molecule has 80 valence electrons. The Balaban J connectivity index is 3.01. The number of nitriles is 1. The lowest BCUT2D eigenvalue weighted by Crippen LogP contribution is -2.10. The molecule has 0 heterocycles. The first kappa shape index (κ1) is 12.2. The molecule has 1 aromatic carbocycles. The molecule has 0 aliphatic heterocycles. The maximum Gasteiger partial charge on any atom is 0.124 e. The van der Waals surface area contributed by atoms with Gasteiger partial charge in [0.05, 0.1) is 18.1 Å². The van der Waals surface area contributed by atoms with E-state index in [9.17, 15) is 9.50 Å². The van der Waals surface area contributed by atoms with Crippen molar-refractivity contribution in [3.8, 4) is 6.07 Å². The molecule has 0 saturated heterocycles. The number of rotatable bonds is 3. The van der Waals surface area contributed by atoms with Crippen LogP contribution in [-0.2, 0) is 0 Å². The van der Waals surface area contributed by atoms with Gasteiger partial charge < -0.3 is 5.11 Å². The van der Waals surface area contributed by atoms with Gasteiger partial charge in [-0.05, 0) is 24.1 Å². The summed E-state index contributed by atoms with van der Waals surface area (Å²) in [6.07, 6.45) is -0.323. The predicted molar refractivity (Wildman–Crippen MR) is 58.5 cm³/mol. The van der Waals surface area contributed by atoms with Crippen LogP contribution in [0.1, 0.15) is 25.0 Å². The van der Waals surface area contributed by atoms with Crippen molar-refractivity contribution in [3.05, 3.63) is 34.1 Å². The van der Waals surface area contributed by atoms with Crippen LogP contribution < -0.4 is 0 Å². The summed E-state index contributed by atoms with van der Waals surface area (Å²) in [6.45, 7) is 1.83. The summed E-state index contributed by atoms with van der Waals surface area (Å²) in [6, 6.07) is 6.07. The molecule has 0 amide bonds. The van der Waals surface area contributed by atoms with E-state index in [0.717, 1.165) is 0 Å². The van der Waals surface area contributed by atoms with Crippen LogP contribution in [0.3, 0.4) is 0 Å². The average molecular weight is 272 g/mol. The molecular formula is C11H11BrFNO. The van der Waals surface area contributed by atoms with Crippen LogP contribution in [0.15, 0.2) is 22.7 Å². The summed E-state index contributed by atoms with van der Waals surface area (Å²) in [4.78, 5) is 0. The van der Waals surface area contributed by atoms with Crippen LogP contribution in [0.5, 0.6) is 0 Å². The Hall–Kier alpha value is -0.920. The third kappa shape index (κ3) is 2.77. The minimum Gasteiger partial charge on any atom is -0.387 e. The zero-order valence-electron chi connectivity index (χ0n) is 8.24. The van der Waals surface area contributed by atoms with Gasteiger partial charge >= 0.3 is 0 Å². The number of hydrogen-bond donors (Lipinski definition) is 1. The van der Waals surface area contributed by atoms with Crippen molar-refractivity contribution in [2.24, 2.45) is 5.92 Å². The summed E-state index contributed by atoms with van der Waals surface area (Å²) in [5.41, 5.74) is 0.546. The Kier molecular flexibility index (Phi) is 4.25. The van der Waals surface area contributed by atoms with Crippen LogP contribution in [0.25, 0.3) is 0 Å². The van der Waals surface area contributed by atoms with Crippen LogP contribution >= 0.6 is 15.9 Å². The molecule has 0 aliphatic rings. The van der Waals surface area contributed by atoms with Crippen molar-refractivity contribution in [2.75, 3.05) is 0 Å². The third-order valence-corrected chi connectivity index (χ3v) is 2.95. The van der Waals surface area contributed by atoms with Crippen LogP contribution in [0.2, 0.25) is 0 Å². The van der Waals surface area contributed by atoms with Crippen molar-refractivity contribution in [2.45, 2.75) is 19.4 Å². The summed E-state index contributed by atoms with van der Waals surface area (Å²) in [7, 11) is 0. The highest BCUT2D eigenvalue weighted by atomic mass is 79.9. The smallest absolute Gasteiger partial charge is 0.124 e. The van der Waals surface area contributed by atoms with Gasteiger partial charge in [-0.2, -0.15) is 5.26 Å². The van der Waals surface area contributed by atoms with E-state index in [-0.39, 0.29) is 5.82 Å². The molecule has 0 spiro atoms. The fourth-order valence-electron chi connectivity index (χ4n) is 1.34. The van der Waals surface area contributed by atoms with E-state index in [1.807, 2.05) is 13.0 Å². The molecule has 0 saturated carbocycles. The van der Waals surface area contributed by atoms with Gasteiger partial charge in [0.15, 0.2) is 0 Å². The molecule has 1 aromatic rings. The number of aliphatic hydroxyl groups is 1. The Morgan fingerprint density at radius 3 is 2.73 bits per heavy atom. The van der Waals surface area contributed by atoms with E-state index in [2.05, 4.69) is 15.9 Å². The van der Waals surface area contributed by atoms with E-state index < -0.39 is 12.0 Å². The van der Waals surface area contributed by atoms with Gasteiger partial charge in [-0.3, -0.25) is 0 Å². The van der Waals surface area contributed by atoms with E-state index in [0.29, 0.717) is 16.5 Å².